The number of ether oxygens (including phenoxy) is 1. The topological polar surface area (TPSA) is 63.7 Å². The third kappa shape index (κ3) is 5.27. The largest absolute Gasteiger partial charge is 0.423 e. The molecule has 0 N–H and O–H groups in total. The zero-order valence-corrected chi connectivity index (χ0v) is 19.1. The summed E-state index contributed by atoms with van der Waals surface area (Å²) in [7, 11) is 0. The summed E-state index contributed by atoms with van der Waals surface area (Å²) in [4.78, 5) is 38.5. The van der Waals surface area contributed by atoms with E-state index in [-0.39, 0.29) is 33.3 Å². The van der Waals surface area contributed by atoms with Gasteiger partial charge in [-0.3, -0.25) is 14.5 Å². The summed E-state index contributed by atoms with van der Waals surface area (Å²) in [6, 6.07) is 16.8. The average molecular weight is 502 g/mol. The maximum atomic E-state index is 13.9. The van der Waals surface area contributed by atoms with E-state index in [2.05, 4.69) is 0 Å². The number of imide groups is 1. The Morgan fingerprint density at radius 3 is 2.45 bits per heavy atom. The Morgan fingerprint density at radius 1 is 1.03 bits per heavy atom. The first-order valence-electron chi connectivity index (χ1n) is 9.58. The van der Waals surface area contributed by atoms with Gasteiger partial charge >= 0.3 is 5.97 Å². The van der Waals surface area contributed by atoms with Crippen molar-refractivity contribution in [3.63, 3.8) is 0 Å². The minimum Gasteiger partial charge on any atom is -0.423 e. The molecule has 0 aliphatic carbocycles. The second-order valence-corrected chi connectivity index (χ2v) is 8.78. The smallest absolute Gasteiger partial charge is 0.345 e. The molecule has 2 amide bonds. The number of esters is 1. The molecule has 0 unspecified atom stereocenters. The first-order chi connectivity index (χ1) is 15.8. The fraction of sp³-hybridized carbons (Fsp3) is 0.0417. The van der Waals surface area contributed by atoms with Crippen molar-refractivity contribution in [3.8, 4) is 5.75 Å². The van der Waals surface area contributed by atoms with E-state index in [4.69, 9.17) is 27.9 Å². The Bertz CT molecular complexity index is 1290. The van der Waals surface area contributed by atoms with Crippen molar-refractivity contribution >= 4 is 58.2 Å². The number of nitrogens with zero attached hydrogens (tertiary/aromatic N) is 1. The molecule has 0 radical (unpaired) electrons. The summed E-state index contributed by atoms with van der Waals surface area (Å²) in [5.74, 6) is -1.35. The van der Waals surface area contributed by atoms with Crippen molar-refractivity contribution in [3.05, 3.63) is 104 Å². The summed E-state index contributed by atoms with van der Waals surface area (Å²) >= 11 is 12.6. The molecule has 3 aromatic carbocycles. The molecule has 1 fully saturated rings. The highest BCUT2D eigenvalue weighted by Crippen LogP contribution is 2.34. The Morgan fingerprint density at radius 2 is 1.76 bits per heavy atom. The summed E-state index contributed by atoms with van der Waals surface area (Å²) in [6.07, 6.45) is 1.55. The fourth-order valence-corrected chi connectivity index (χ4v) is 4.36. The highest BCUT2D eigenvalue weighted by molar-refractivity contribution is 8.18. The summed E-state index contributed by atoms with van der Waals surface area (Å²) in [6.45, 7) is -0.142. The first kappa shape index (κ1) is 23.0. The molecule has 33 heavy (non-hydrogen) atoms. The summed E-state index contributed by atoms with van der Waals surface area (Å²) < 4.78 is 19.2. The molecule has 1 saturated heterocycles. The number of hydrogen-bond acceptors (Lipinski definition) is 5. The van der Waals surface area contributed by atoms with Crippen molar-refractivity contribution in [1.29, 1.82) is 0 Å². The first-order valence-corrected chi connectivity index (χ1v) is 11.1. The third-order valence-corrected chi connectivity index (χ3v) is 6.15. The number of carbonyl (C=O) groups is 3. The molecule has 166 valence electrons. The maximum Gasteiger partial charge on any atom is 0.345 e. The van der Waals surface area contributed by atoms with E-state index in [0.717, 1.165) is 16.7 Å². The van der Waals surface area contributed by atoms with E-state index in [9.17, 15) is 18.8 Å². The van der Waals surface area contributed by atoms with Crippen molar-refractivity contribution in [2.24, 2.45) is 0 Å². The number of thioether (sulfide) groups is 1. The van der Waals surface area contributed by atoms with Crippen LogP contribution in [0.15, 0.2) is 71.6 Å². The van der Waals surface area contributed by atoms with Crippen molar-refractivity contribution in [1.82, 2.24) is 4.90 Å². The Kier molecular flexibility index (Phi) is 6.83. The second-order valence-electron chi connectivity index (χ2n) is 6.94. The van der Waals surface area contributed by atoms with Crippen LogP contribution < -0.4 is 4.74 Å². The van der Waals surface area contributed by atoms with E-state index in [1.807, 2.05) is 0 Å². The van der Waals surface area contributed by atoms with Crippen LogP contribution in [0.1, 0.15) is 21.5 Å². The maximum absolute atomic E-state index is 13.9. The molecule has 0 spiro atoms. The van der Waals surface area contributed by atoms with Gasteiger partial charge in [-0.05, 0) is 59.8 Å². The van der Waals surface area contributed by atoms with Gasteiger partial charge in [0.1, 0.15) is 11.6 Å². The predicted octanol–water partition coefficient (Wildman–Crippen LogP) is 6.59. The van der Waals surface area contributed by atoms with E-state index in [1.165, 1.54) is 36.4 Å². The lowest BCUT2D eigenvalue weighted by Crippen LogP contribution is -2.27. The van der Waals surface area contributed by atoms with Crippen LogP contribution >= 0.6 is 35.0 Å². The van der Waals surface area contributed by atoms with E-state index < -0.39 is 22.9 Å². The quantitative estimate of drug-likeness (QED) is 0.224. The number of halogens is 3. The molecule has 1 heterocycles. The van der Waals surface area contributed by atoms with Crippen LogP contribution in [0.5, 0.6) is 5.75 Å². The van der Waals surface area contributed by atoms with Gasteiger partial charge in [0.25, 0.3) is 11.1 Å². The lowest BCUT2D eigenvalue weighted by atomic mass is 10.2. The van der Waals surface area contributed by atoms with Crippen LogP contribution in [0, 0.1) is 5.82 Å². The highest BCUT2D eigenvalue weighted by Gasteiger charge is 2.35. The molecule has 0 atom stereocenters. The lowest BCUT2D eigenvalue weighted by Gasteiger charge is -2.12. The molecule has 1 aliphatic heterocycles. The van der Waals surface area contributed by atoms with Gasteiger partial charge in [-0.2, -0.15) is 0 Å². The Labute approximate surface area is 202 Å². The third-order valence-electron chi connectivity index (χ3n) is 4.70. The van der Waals surface area contributed by atoms with Crippen molar-refractivity contribution in [2.45, 2.75) is 6.54 Å². The molecule has 9 heteroatoms. The van der Waals surface area contributed by atoms with Crippen LogP contribution in [0.3, 0.4) is 0 Å². The molecule has 5 nitrogen and oxygen atoms in total. The van der Waals surface area contributed by atoms with Gasteiger partial charge in [0, 0.05) is 10.6 Å². The molecule has 0 saturated carbocycles. The number of rotatable bonds is 5. The van der Waals surface area contributed by atoms with Crippen LogP contribution in [-0.2, 0) is 11.3 Å². The van der Waals surface area contributed by atoms with Gasteiger partial charge in [0.15, 0.2) is 0 Å². The van der Waals surface area contributed by atoms with E-state index >= 15 is 0 Å². The minimum atomic E-state index is -0.640. The lowest BCUT2D eigenvalue weighted by molar-refractivity contribution is -0.123. The normalized spacial score (nSPS) is 14.8. The van der Waals surface area contributed by atoms with Crippen LogP contribution in [0.2, 0.25) is 10.0 Å². The van der Waals surface area contributed by atoms with Gasteiger partial charge in [-0.25, -0.2) is 9.18 Å². The predicted molar refractivity (Wildman–Crippen MR) is 126 cm³/mol. The van der Waals surface area contributed by atoms with E-state index in [0.29, 0.717) is 10.6 Å². The van der Waals surface area contributed by atoms with Crippen LogP contribution in [0.4, 0.5) is 9.18 Å². The van der Waals surface area contributed by atoms with Gasteiger partial charge in [-0.1, -0.05) is 53.5 Å². The number of hydrogen-bond donors (Lipinski definition) is 0. The SMILES string of the molecule is O=C(Oc1ccc(/C=C2\SC(=O)N(Cc3ccccc3F)C2=O)cc1)c1ccc(Cl)cc1Cl. The zero-order valence-electron chi connectivity index (χ0n) is 16.8. The summed E-state index contributed by atoms with van der Waals surface area (Å²) in [5, 5.41) is 0.106. The standard InChI is InChI=1S/C24H14Cl2FNO4S/c25-16-7-10-18(19(26)12-16)23(30)32-17-8-5-14(6-9-17)11-21-22(29)28(24(31)33-21)13-15-3-1-2-4-20(15)27/h1-12H,13H2/b21-11-. The monoisotopic (exact) mass is 501 g/mol. The van der Waals surface area contributed by atoms with Crippen LogP contribution in [-0.4, -0.2) is 22.0 Å². The molecular weight excluding hydrogens is 488 g/mol. The Balaban J connectivity index is 1.45. The molecular formula is C24H14Cl2FNO4S. The molecule has 4 rings (SSSR count). The number of carbonyl (C=O) groups excluding carboxylic acids is 3. The fourth-order valence-electron chi connectivity index (χ4n) is 3.03. The van der Waals surface area contributed by atoms with E-state index in [1.54, 1.807) is 36.4 Å². The second kappa shape index (κ2) is 9.79. The zero-order chi connectivity index (χ0) is 23.5. The van der Waals surface area contributed by atoms with Crippen molar-refractivity contribution < 1.29 is 23.5 Å². The molecule has 1 aliphatic rings. The Hall–Kier alpha value is -3.13. The average Bonchev–Trinajstić information content (AvgIpc) is 3.03. The van der Waals surface area contributed by atoms with Gasteiger partial charge in [-0.15, -0.1) is 0 Å². The molecule has 0 aromatic heterocycles. The van der Waals surface area contributed by atoms with Crippen molar-refractivity contribution in [2.75, 3.05) is 0 Å². The minimum absolute atomic E-state index is 0.142. The molecule has 0 bridgehead atoms. The van der Waals surface area contributed by atoms with Gasteiger partial charge < -0.3 is 4.74 Å². The van der Waals surface area contributed by atoms with Gasteiger partial charge in [0.2, 0.25) is 0 Å². The highest BCUT2D eigenvalue weighted by atomic mass is 35.5. The molecule has 3 aromatic rings. The van der Waals surface area contributed by atoms with Crippen LogP contribution in [0.25, 0.3) is 6.08 Å². The number of benzene rings is 3. The summed E-state index contributed by atoms with van der Waals surface area (Å²) in [5.41, 5.74) is 1.05. The number of amides is 2. The van der Waals surface area contributed by atoms with Gasteiger partial charge in [0.05, 0.1) is 22.0 Å².